The van der Waals surface area contributed by atoms with Gasteiger partial charge in [0.1, 0.15) is 0 Å². The van der Waals surface area contributed by atoms with Gasteiger partial charge in [-0.25, -0.2) is 4.79 Å². The van der Waals surface area contributed by atoms with Crippen LogP contribution in [0.2, 0.25) is 0 Å². The molecule has 1 atom stereocenters. The first-order chi connectivity index (χ1) is 12.6. The highest BCUT2D eigenvalue weighted by Crippen LogP contribution is 2.32. The predicted octanol–water partition coefficient (Wildman–Crippen LogP) is 3.20. The highest BCUT2D eigenvalue weighted by molar-refractivity contribution is 7.80. The number of benzene rings is 1. The van der Waals surface area contributed by atoms with E-state index in [1.165, 1.54) is 7.11 Å². The SMILES string of the molecule is COC(=O)C1=C(C)N(C)C(=S)NC1c1cccc(NC(=O)C(C)(C)CCl)c1. The molecule has 1 unspecified atom stereocenters. The molecule has 0 aromatic heterocycles. The Hall–Kier alpha value is -2.12. The fraction of sp³-hybridized carbons (Fsp3) is 0.421. The van der Waals surface area contributed by atoms with Crippen molar-refractivity contribution < 1.29 is 14.3 Å². The van der Waals surface area contributed by atoms with Crippen molar-refractivity contribution in [3.63, 3.8) is 0 Å². The first-order valence-corrected chi connectivity index (χ1v) is 9.37. The van der Waals surface area contributed by atoms with Crippen molar-refractivity contribution in [1.82, 2.24) is 10.2 Å². The molecule has 0 bridgehead atoms. The molecule has 1 aromatic carbocycles. The van der Waals surface area contributed by atoms with Gasteiger partial charge in [0.05, 0.1) is 24.1 Å². The van der Waals surface area contributed by atoms with Gasteiger partial charge in [0.25, 0.3) is 0 Å². The Morgan fingerprint density at radius 1 is 1.41 bits per heavy atom. The quantitative estimate of drug-likeness (QED) is 0.442. The molecule has 1 amide bonds. The van der Waals surface area contributed by atoms with E-state index in [1.807, 2.05) is 25.1 Å². The summed E-state index contributed by atoms with van der Waals surface area (Å²) in [6.07, 6.45) is 0. The number of carbonyl (C=O) groups excluding carboxylic acids is 2. The number of methoxy groups -OCH3 is 1. The topological polar surface area (TPSA) is 70.7 Å². The van der Waals surface area contributed by atoms with Crippen molar-refractivity contribution in [2.75, 3.05) is 25.4 Å². The van der Waals surface area contributed by atoms with E-state index in [0.717, 1.165) is 5.56 Å². The lowest BCUT2D eigenvalue weighted by Gasteiger charge is -2.35. The summed E-state index contributed by atoms with van der Waals surface area (Å²) in [6, 6.07) is 6.80. The van der Waals surface area contributed by atoms with Gasteiger partial charge in [-0.2, -0.15) is 0 Å². The number of allylic oxidation sites excluding steroid dienone is 1. The molecule has 0 spiro atoms. The number of thiocarbonyl (C=S) groups is 1. The molecule has 0 radical (unpaired) electrons. The molecule has 27 heavy (non-hydrogen) atoms. The minimum atomic E-state index is -0.696. The Balaban J connectivity index is 2.41. The lowest BCUT2D eigenvalue weighted by molar-refractivity contribution is -0.136. The molecule has 1 aliphatic heterocycles. The number of nitrogens with one attached hydrogen (secondary N) is 2. The number of rotatable bonds is 5. The van der Waals surface area contributed by atoms with Gasteiger partial charge >= 0.3 is 5.97 Å². The Morgan fingerprint density at radius 2 is 2.07 bits per heavy atom. The van der Waals surface area contributed by atoms with Crippen LogP contribution in [-0.4, -0.2) is 41.9 Å². The molecular formula is C19H24ClN3O3S. The van der Waals surface area contributed by atoms with Crippen LogP contribution >= 0.6 is 23.8 Å². The van der Waals surface area contributed by atoms with Gasteiger partial charge in [0.2, 0.25) is 5.91 Å². The number of nitrogens with zero attached hydrogens (tertiary/aromatic N) is 1. The number of carbonyl (C=O) groups is 2. The summed E-state index contributed by atoms with van der Waals surface area (Å²) in [4.78, 5) is 26.5. The number of alkyl halides is 1. The van der Waals surface area contributed by atoms with E-state index in [1.54, 1.807) is 31.9 Å². The van der Waals surface area contributed by atoms with Crippen LogP contribution in [0.25, 0.3) is 0 Å². The first kappa shape index (κ1) is 21.2. The fourth-order valence-corrected chi connectivity index (χ4v) is 2.99. The average molecular weight is 410 g/mol. The Labute approximate surface area is 169 Å². The highest BCUT2D eigenvalue weighted by atomic mass is 35.5. The van der Waals surface area contributed by atoms with Gasteiger partial charge in [0, 0.05) is 24.3 Å². The molecule has 0 saturated heterocycles. The Morgan fingerprint density at radius 3 is 2.67 bits per heavy atom. The van der Waals surface area contributed by atoms with Crippen molar-refractivity contribution in [2.45, 2.75) is 26.8 Å². The monoisotopic (exact) mass is 409 g/mol. The van der Waals surface area contributed by atoms with E-state index in [4.69, 9.17) is 28.6 Å². The van der Waals surface area contributed by atoms with Crippen LogP contribution in [0.1, 0.15) is 32.4 Å². The van der Waals surface area contributed by atoms with Crippen LogP contribution < -0.4 is 10.6 Å². The van der Waals surface area contributed by atoms with Crippen LogP contribution in [0, 0.1) is 5.41 Å². The Kier molecular flexibility index (Phi) is 6.49. The molecule has 146 valence electrons. The highest BCUT2D eigenvalue weighted by Gasteiger charge is 2.33. The van der Waals surface area contributed by atoms with E-state index in [0.29, 0.717) is 22.1 Å². The molecule has 2 N–H and O–H groups in total. The maximum atomic E-state index is 12.4. The van der Waals surface area contributed by atoms with E-state index in [9.17, 15) is 9.59 Å². The third-order valence-electron chi connectivity index (χ3n) is 4.59. The fourth-order valence-electron chi connectivity index (χ4n) is 2.62. The van der Waals surface area contributed by atoms with Crippen molar-refractivity contribution in [1.29, 1.82) is 0 Å². The summed E-state index contributed by atoms with van der Waals surface area (Å²) in [6.45, 7) is 5.37. The average Bonchev–Trinajstić information content (AvgIpc) is 2.65. The maximum Gasteiger partial charge on any atom is 0.337 e. The predicted molar refractivity (Wildman–Crippen MR) is 111 cm³/mol. The van der Waals surface area contributed by atoms with Crippen LogP contribution in [0.4, 0.5) is 5.69 Å². The van der Waals surface area contributed by atoms with Crippen molar-refractivity contribution in [2.24, 2.45) is 5.41 Å². The van der Waals surface area contributed by atoms with Crippen molar-refractivity contribution >= 4 is 46.5 Å². The van der Waals surface area contributed by atoms with Crippen molar-refractivity contribution in [3.8, 4) is 0 Å². The molecular weight excluding hydrogens is 386 g/mol. The summed E-state index contributed by atoms with van der Waals surface area (Å²) in [5, 5.41) is 6.54. The van der Waals surface area contributed by atoms with Gasteiger partial charge in [-0.05, 0) is 50.7 Å². The third-order valence-corrected chi connectivity index (χ3v) is 5.65. The molecule has 6 nitrogen and oxygen atoms in total. The first-order valence-electron chi connectivity index (χ1n) is 8.43. The second kappa shape index (κ2) is 8.27. The lowest BCUT2D eigenvalue weighted by atomic mass is 9.93. The number of halogens is 1. The van der Waals surface area contributed by atoms with Gasteiger partial charge in [0.15, 0.2) is 5.11 Å². The van der Waals surface area contributed by atoms with Crippen LogP contribution in [-0.2, 0) is 14.3 Å². The zero-order valence-corrected chi connectivity index (χ0v) is 17.6. The molecule has 0 saturated carbocycles. The lowest BCUT2D eigenvalue weighted by Crippen LogP contribution is -2.46. The molecule has 1 heterocycles. The molecule has 0 fully saturated rings. The zero-order valence-electron chi connectivity index (χ0n) is 16.1. The Bertz CT molecular complexity index is 807. The molecule has 1 aliphatic rings. The number of hydrogen-bond donors (Lipinski definition) is 2. The smallest absolute Gasteiger partial charge is 0.337 e. The summed E-state index contributed by atoms with van der Waals surface area (Å²) in [5.41, 5.74) is 1.89. The van der Waals surface area contributed by atoms with Crippen LogP contribution in [0.3, 0.4) is 0 Å². The molecule has 2 rings (SSSR count). The standard InChI is InChI=1S/C19H24ClN3O3S/c1-11-14(16(24)26-5)15(22-18(27)23(11)4)12-7-6-8-13(9-12)21-17(25)19(2,3)10-20/h6-9,15H,10H2,1-5H3,(H,21,25)(H,22,27). The molecule has 1 aromatic rings. The van der Waals surface area contributed by atoms with E-state index < -0.39 is 17.4 Å². The van der Waals surface area contributed by atoms with Crippen molar-refractivity contribution in [3.05, 3.63) is 41.1 Å². The second-order valence-corrected chi connectivity index (χ2v) is 7.68. The zero-order chi connectivity index (χ0) is 20.4. The number of amides is 1. The maximum absolute atomic E-state index is 12.4. The van der Waals surface area contributed by atoms with E-state index >= 15 is 0 Å². The van der Waals surface area contributed by atoms with Crippen LogP contribution in [0.5, 0.6) is 0 Å². The minimum Gasteiger partial charge on any atom is -0.466 e. The minimum absolute atomic E-state index is 0.179. The summed E-state index contributed by atoms with van der Waals surface area (Å²) in [5.74, 6) is -0.406. The third kappa shape index (κ3) is 4.42. The van der Waals surface area contributed by atoms with E-state index in [-0.39, 0.29) is 11.8 Å². The summed E-state index contributed by atoms with van der Waals surface area (Å²) >= 11 is 11.2. The van der Waals surface area contributed by atoms with E-state index in [2.05, 4.69) is 10.6 Å². The number of ether oxygens (including phenoxy) is 1. The largest absolute Gasteiger partial charge is 0.466 e. The van der Waals surface area contributed by atoms with Gasteiger partial charge in [-0.3, -0.25) is 4.79 Å². The summed E-state index contributed by atoms with van der Waals surface area (Å²) < 4.78 is 4.96. The number of esters is 1. The molecule has 0 aliphatic carbocycles. The van der Waals surface area contributed by atoms with Crippen LogP contribution in [0.15, 0.2) is 35.5 Å². The van der Waals surface area contributed by atoms with Gasteiger partial charge in [-0.15, -0.1) is 11.6 Å². The number of hydrogen-bond acceptors (Lipinski definition) is 4. The number of anilines is 1. The second-order valence-electron chi connectivity index (χ2n) is 7.03. The summed E-state index contributed by atoms with van der Waals surface area (Å²) in [7, 11) is 3.13. The normalized spacial score (nSPS) is 17.5. The van der Waals surface area contributed by atoms with Gasteiger partial charge < -0.3 is 20.3 Å². The molecule has 8 heteroatoms. The van der Waals surface area contributed by atoms with Gasteiger partial charge in [-0.1, -0.05) is 12.1 Å².